The van der Waals surface area contributed by atoms with Crippen molar-refractivity contribution < 1.29 is 14.4 Å². The van der Waals surface area contributed by atoms with Gasteiger partial charge >= 0.3 is 0 Å². The molecular formula is C37H56N8O3. The van der Waals surface area contributed by atoms with Crippen molar-refractivity contribution in [3.63, 3.8) is 0 Å². The lowest BCUT2D eigenvalue weighted by molar-refractivity contribution is -0.128. The second-order valence-electron chi connectivity index (χ2n) is 13.9. The van der Waals surface area contributed by atoms with Crippen LogP contribution in [0.2, 0.25) is 0 Å². The lowest BCUT2D eigenvalue weighted by atomic mass is 9.72. The van der Waals surface area contributed by atoms with Crippen LogP contribution >= 0.6 is 0 Å². The fourth-order valence-corrected chi connectivity index (χ4v) is 7.74. The summed E-state index contributed by atoms with van der Waals surface area (Å²) >= 11 is 0. The Labute approximate surface area is 284 Å². The summed E-state index contributed by atoms with van der Waals surface area (Å²) in [6.45, 7) is 3.36. The summed E-state index contributed by atoms with van der Waals surface area (Å²) < 4.78 is 2.27. The Morgan fingerprint density at radius 2 is 1.56 bits per heavy atom. The van der Waals surface area contributed by atoms with Crippen molar-refractivity contribution in [1.82, 2.24) is 30.5 Å². The maximum Gasteiger partial charge on any atom is 0.239 e. The standard InChI is InChI=1S/C37H56N8O3/c1-2-3-17-29-43-35-36(27-15-9-10-16-28(27)42-37(35)39)45(29)23-12-11-22-40-30(46)20-21-31(47)41-24-32(48)44-34-26-14-8-6-4-5-7-13-25(18-19-26)33(34)38/h9-10,15-16,25-26,33-34H,2-8,11-14,17-24,38H2,1H3,(H2,39,42)(H,40,46)(H,41,47)(H,44,48). The summed E-state index contributed by atoms with van der Waals surface area (Å²) in [6.07, 6.45) is 15.4. The maximum atomic E-state index is 12.8. The Morgan fingerprint density at radius 3 is 2.35 bits per heavy atom. The number of nitrogens with one attached hydrogen (secondary N) is 3. The van der Waals surface area contributed by atoms with Gasteiger partial charge in [-0.2, -0.15) is 0 Å². The minimum absolute atomic E-state index is 0.0384. The zero-order valence-corrected chi connectivity index (χ0v) is 28.8. The van der Waals surface area contributed by atoms with Gasteiger partial charge in [-0.05, 0) is 62.8 Å². The summed E-state index contributed by atoms with van der Waals surface area (Å²) in [5.74, 6) is 1.63. The van der Waals surface area contributed by atoms with Gasteiger partial charge < -0.3 is 32.0 Å². The highest BCUT2D eigenvalue weighted by atomic mass is 16.2. The van der Waals surface area contributed by atoms with Crippen LogP contribution in [0.4, 0.5) is 5.82 Å². The average molecular weight is 661 g/mol. The SMILES string of the molecule is CCCCc1nc2c(N)nc3ccccc3c2n1CCCCNC(=O)CCC(=O)NCC(=O)NC1C2CCCCCCCC(CC2)C1N. The smallest absolute Gasteiger partial charge is 0.239 e. The van der Waals surface area contributed by atoms with E-state index in [9.17, 15) is 14.4 Å². The molecule has 3 fully saturated rings. The summed E-state index contributed by atoms with van der Waals surface area (Å²) in [7, 11) is 0. The third kappa shape index (κ3) is 9.24. The molecule has 3 amide bonds. The van der Waals surface area contributed by atoms with Gasteiger partial charge in [0.15, 0.2) is 5.82 Å². The van der Waals surface area contributed by atoms with E-state index in [1.807, 2.05) is 18.2 Å². The molecule has 3 aliphatic rings. The number of aromatic nitrogens is 3. The fraction of sp³-hybridized carbons (Fsp3) is 0.649. The number of pyridine rings is 1. The first-order valence-corrected chi connectivity index (χ1v) is 18.5. The first-order valence-electron chi connectivity index (χ1n) is 18.5. The molecule has 0 radical (unpaired) electrons. The van der Waals surface area contributed by atoms with Crippen molar-refractivity contribution in [1.29, 1.82) is 0 Å². The molecule has 3 saturated carbocycles. The predicted molar refractivity (Wildman–Crippen MR) is 191 cm³/mol. The first kappa shape index (κ1) is 35.6. The molecule has 6 rings (SSSR count). The molecule has 11 nitrogen and oxygen atoms in total. The second kappa shape index (κ2) is 17.6. The van der Waals surface area contributed by atoms with Gasteiger partial charge in [-0.3, -0.25) is 14.4 Å². The molecular weight excluding hydrogens is 604 g/mol. The molecule has 2 aromatic heterocycles. The van der Waals surface area contributed by atoms with E-state index < -0.39 is 0 Å². The molecule has 1 aromatic carbocycles. The van der Waals surface area contributed by atoms with E-state index in [0.717, 1.165) is 92.1 Å². The Bertz CT molecular complexity index is 1530. The van der Waals surface area contributed by atoms with Gasteiger partial charge in [0, 0.05) is 49.8 Å². The van der Waals surface area contributed by atoms with Crippen LogP contribution in [0.1, 0.15) is 109 Å². The number of hydrogen-bond acceptors (Lipinski definition) is 7. The minimum Gasteiger partial charge on any atom is -0.382 e. The number of carbonyl (C=O) groups excluding carboxylic acids is 3. The van der Waals surface area contributed by atoms with E-state index >= 15 is 0 Å². The summed E-state index contributed by atoms with van der Waals surface area (Å²) in [5.41, 5.74) is 15.6. The zero-order chi connectivity index (χ0) is 33.9. The monoisotopic (exact) mass is 660 g/mol. The number of nitrogens with zero attached hydrogens (tertiary/aromatic N) is 3. The number of rotatable bonds is 14. The van der Waals surface area contributed by atoms with Gasteiger partial charge in [0.05, 0.1) is 17.6 Å². The van der Waals surface area contributed by atoms with Crippen molar-refractivity contribution in [2.75, 3.05) is 18.8 Å². The highest BCUT2D eigenvalue weighted by molar-refractivity contribution is 6.06. The molecule has 262 valence electrons. The molecule has 3 aliphatic carbocycles. The first-order chi connectivity index (χ1) is 23.4. The summed E-state index contributed by atoms with van der Waals surface area (Å²) in [6, 6.07) is 7.93. The lowest BCUT2D eigenvalue weighted by Crippen LogP contribution is -2.58. The van der Waals surface area contributed by atoms with Crippen LogP contribution in [0.3, 0.4) is 0 Å². The van der Waals surface area contributed by atoms with Crippen molar-refractivity contribution in [3.8, 4) is 0 Å². The number of fused-ring (bicyclic) bond motifs is 11. The van der Waals surface area contributed by atoms with Crippen LogP contribution in [0.5, 0.6) is 0 Å². The van der Waals surface area contributed by atoms with Crippen molar-refractivity contribution in [3.05, 3.63) is 30.1 Å². The predicted octanol–water partition coefficient (Wildman–Crippen LogP) is 4.88. The molecule has 4 unspecified atom stereocenters. The van der Waals surface area contributed by atoms with E-state index in [1.165, 1.54) is 32.1 Å². The van der Waals surface area contributed by atoms with E-state index in [4.69, 9.17) is 16.5 Å². The van der Waals surface area contributed by atoms with E-state index in [2.05, 4.69) is 38.5 Å². The number of carbonyl (C=O) groups is 3. The zero-order valence-electron chi connectivity index (χ0n) is 28.8. The van der Waals surface area contributed by atoms with Gasteiger partial charge in [0.1, 0.15) is 11.3 Å². The van der Waals surface area contributed by atoms with Gasteiger partial charge in [-0.1, -0.05) is 63.6 Å². The average Bonchev–Trinajstić information content (AvgIpc) is 3.42. The van der Waals surface area contributed by atoms with Gasteiger partial charge in [-0.15, -0.1) is 0 Å². The maximum absolute atomic E-state index is 12.8. The Hall–Kier alpha value is -3.73. The number of nitrogen functional groups attached to an aromatic ring is 1. The molecule has 7 N–H and O–H groups in total. The highest BCUT2D eigenvalue weighted by Gasteiger charge is 2.37. The molecule has 48 heavy (non-hydrogen) atoms. The number of hydrogen-bond donors (Lipinski definition) is 5. The molecule has 0 saturated heterocycles. The molecule has 0 aliphatic heterocycles. The third-order valence-electron chi connectivity index (χ3n) is 10.5. The van der Waals surface area contributed by atoms with E-state index in [-0.39, 0.29) is 49.2 Å². The number of nitrogens with two attached hydrogens (primary N) is 2. The quantitative estimate of drug-likeness (QED) is 0.153. The number of para-hydroxylation sites is 1. The van der Waals surface area contributed by atoms with Crippen LogP contribution in [-0.2, 0) is 27.3 Å². The fourth-order valence-electron chi connectivity index (χ4n) is 7.74. The number of amides is 3. The van der Waals surface area contributed by atoms with Crippen LogP contribution in [-0.4, -0.2) is 57.4 Å². The third-order valence-corrected chi connectivity index (χ3v) is 10.5. The summed E-state index contributed by atoms with van der Waals surface area (Å²) in [5, 5.41) is 9.84. The Balaban J connectivity index is 1.03. The summed E-state index contributed by atoms with van der Waals surface area (Å²) in [4.78, 5) is 47.3. The van der Waals surface area contributed by atoms with E-state index in [1.54, 1.807) is 0 Å². The molecule has 4 atom stereocenters. The van der Waals surface area contributed by atoms with Crippen LogP contribution in [0.25, 0.3) is 21.9 Å². The minimum atomic E-state index is -0.304. The number of benzene rings is 1. The number of anilines is 1. The van der Waals surface area contributed by atoms with Crippen molar-refractivity contribution in [2.45, 2.75) is 128 Å². The number of unbranched alkanes of at least 4 members (excludes halogenated alkanes) is 2. The van der Waals surface area contributed by atoms with Gasteiger partial charge in [-0.25, -0.2) is 9.97 Å². The van der Waals surface area contributed by atoms with Crippen molar-refractivity contribution in [2.24, 2.45) is 17.6 Å². The molecule has 3 aromatic rings. The largest absolute Gasteiger partial charge is 0.382 e. The molecule has 2 heterocycles. The van der Waals surface area contributed by atoms with Crippen LogP contribution in [0, 0.1) is 11.8 Å². The normalized spacial score (nSPS) is 21.5. The van der Waals surface area contributed by atoms with Crippen molar-refractivity contribution >= 4 is 45.5 Å². The van der Waals surface area contributed by atoms with E-state index in [0.29, 0.717) is 24.2 Å². The van der Waals surface area contributed by atoms with Gasteiger partial charge in [0.25, 0.3) is 0 Å². The number of aryl methyl sites for hydroxylation is 2. The molecule has 0 spiro atoms. The molecule has 11 heteroatoms. The lowest BCUT2D eigenvalue weighted by Gasteiger charge is -2.42. The second-order valence-corrected chi connectivity index (χ2v) is 13.9. The Kier molecular flexibility index (Phi) is 13.0. The molecule has 2 bridgehead atoms. The van der Waals surface area contributed by atoms with Crippen LogP contribution < -0.4 is 27.4 Å². The van der Waals surface area contributed by atoms with Crippen LogP contribution in [0.15, 0.2) is 24.3 Å². The topological polar surface area (TPSA) is 170 Å². The van der Waals surface area contributed by atoms with Gasteiger partial charge in [0.2, 0.25) is 17.7 Å². The number of imidazole rings is 1. The Morgan fingerprint density at radius 1 is 0.854 bits per heavy atom. The highest BCUT2D eigenvalue weighted by Crippen LogP contribution is 2.36.